The van der Waals surface area contributed by atoms with Crippen LogP contribution in [0.2, 0.25) is 0 Å². The zero-order chi connectivity index (χ0) is 18.1. The van der Waals surface area contributed by atoms with Gasteiger partial charge in [-0.15, -0.1) is 0 Å². The van der Waals surface area contributed by atoms with Crippen LogP contribution in [0.4, 0.5) is 5.69 Å². The van der Waals surface area contributed by atoms with Gasteiger partial charge in [-0.25, -0.2) is 0 Å². The monoisotopic (exact) mass is 350 g/mol. The third kappa shape index (κ3) is 3.04. The van der Waals surface area contributed by atoms with Crippen molar-refractivity contribution in [2.24, 2.45) is 0 Å². The highest BCUT2D eigenvalue weighted by molar-refractivity contribution is 6.05. The second kappa shape index (κ2) is 6.61. The SMILES string of the molecule is Cc1[nH]c(=O)ccc1C(=O)Nc1cccc(-c2n[nH]c3c2COCC3)c1. The lowest BCUT2D eigenvalue weighted by atomic mass is 10.0. The van der Waals surface area contributed by atoms with Gasteiger partial charge in [-0.05, 0) is 25.1 Å². The fraction of sp³-hybridized carbons (Fsp3) is 0.211. The van der Waals surface area contributed by atoms with Crippen LogP contribution < -0.4 is 10.9 Å². The number of pyridine rings is 1. The van der Waals surface area contributed by atoms with Gasteiger partial charge in [0.15, 0.2) is 0 Å². The molecule has 1 aliphatic rings. The smallest absolute Gasteiger partial charge is 0.257 e. The lowest BCUT2D eigenvalue weighted by molar-refractivity contribution is 0.102. The van der Waals surface area contributed by atoms with Crippen molar-refractivity contribution < 1.29 is 9.53 Å². The van der Waals surface area contributed by atoms with Gasteiger partial charge in [-0.3, -0.25) is 14.7 Å². The van der Waals surface area contributed by atoms with Crippen molar-refractivity contribution in [2.45, 2.75) is 20.0 Å². The molecule has 3 heterocycles. The molecule has 26 heavy (non-hydrogen) atoms. The van der Waals surface area contributed by atoms with Crippen LogP contribution in [-0.2, 0) is 17.8 Å². The van der Waals surface area contributed by atoms with E-state index in [1.54, 1.807) is 6.92 Å². The Morgan fingerprint density at radius 1 is 1.27 bits per heavy atom. The number of aryl methyl sites for hydroxylation is 1. The second-order valence-corrected chi connectivity index (χ2v) is 6.23. The fourth-order valence-electron chi connectivity index (χ4n) is 3.12. The molecule has 3 aromatic rings. The number of carbonyl (C=O) groups excluding carboxylic acids is 1. The summed E-state index contributed by atoms with van der Waals surface area (Å²) in [6, 6.07) is 10.4. The van der Waals surface area contributed by atoms with E-state index in [4.69, 9.17) is 4.74 Å². The summed E-state index contributed by atoms with van der Waals surface area (Å²) in [6.45, 7) is 2.93. The van der Waals surface area contributed by atoms with Gasteiger partial charge in [0.05, 0.1) is 24.5 Å². The Labute approximate surface area is 149 Å². The lowest BCUT2D eigenvalue weighted by Gasteiger charge is -2.13. The maximum Gasteiger partial charge on any atom is 0.257 e. The van der Waals surface area contributed by atoms with Gasteiger partial charge in [-0.1, -0.05) is 12.1 Å². The largest absolute Gasteiger partial charge is 0.376 e. The molecule has 0 bridgehead atoms. The number of amides is 1. The fourth-order valence-corrected chi connectivity index (χ4v) is 3.12. The summed E-state index contributed by atoms with van der Waals surface area (Å²) >= 11 is 0. The van der Waals surface area contributed by atoms with Crippen LogP contribution in [0.25, 0.3) is 11.3 Å². The molecule has 0 unspecified atom stereocenters. The zero-order valence-corrected chi connectivity index (χ0v) is 14.3. The molecule has 2 aromatic heterocycles. The van der Waals surface area contributed by atoms with Gasteiger partial charge in [0.25, 0.3) is 5.91 Å². The first-order chi connectivity index (χ1) is 12.6. The first-order valence-electron chi connectivity index (χ1n) is 8.37. The van der Waals surface area contributed by atoms with Crippen LogP contribution in [-0.4, -0.2) is 27.7 Å². The molecule has 0 saturated carbocycles. The van der Waals surface area contributed by atoms with Gasteiger partial charge in [0.2, 0.25) is 5.56 Å². The van der Waals surface area contributed by atoms with Crippen LogP contribution >= 0.6 is 0 Å². The zero-order valence-electron chi connectivity index (χ0n) is 14.3. The van der Waals surface area contributed by atoms with E-state index in [9.17, 15) is 9.59 Å². The highest BCUT2D eigenvalue weighted by Gasteiger charge is 2.19. The van der Waals surface area contributed by atoms with E-state index in [0.717, 1.165) is 28.9 Å². The number of H-pyrrole nitrogens is 2. The van der Waals surface area contributed by atoms with Crippen LogP contribution in [0.5, 0.6) is 0 Å². The molecule has 0 aliphatic carbocycles. The van der Waals surface area contributed by atoms with Crippen molar-refractivity contribution in [3.05, 3.63) is 69.3 Å². The molecular formula is C19H18N4O3. The van der Waals surface area contributed by atoms with E-state index in [2.05, 4.69) is 20.5 Å². The number of hydrogen-bond donors (Lipinski definition) is 3. The number of aromatic nitrogens is 3. The molecule has 1 amide bonds. The van der Waals surface area contributed by atoms with Crippen molar-refractivity contribution >= 4 is 11.6 Å². The van der Waals surface area contributed by atoms with Crippen LogP contribution in [0.3, 0.4) is 0 Å². The normalized spacial score (nSPS) is 13.3. The van der Waals surface area contributed by atoms with Gasteiger partial charge in [0.1, 0.15) is 0 Å². The van der Waals surface area contributed by atoms with Crippen molar-refractivity contribution in [1.29, 1.82) is 0 Å². The number of aromatic amines is 2. The first kappa shape index (κ1) is 16.3. The molecular weight excluding hydrogens is 332 g/mol. The van der Waals surface area contributed by atoms with E-state index in [1.807, 2.05) is 24.3 Å². The first-order valence-corrected chi connectivity index (χ1v) is 8.37. The minimum absolute atomic E-state index is 0.230. The quantitative estimate of drug-likeness (QED) is 0.675. The number of nitrogens with one attached hydrogen (secondary N) is 3. The Kier molecular flexibility index (Phi) is 4.14. The van der Waals surface area contributed by atoms with E-state index >= 15 is 0 Å². The predicted octanol–water partition coefficient (Wildman–Crippen LogP) is 2.40. The summed E-state index contributed by atoms with van der Waals surface area (Å²) in [7, 11) is 0. The van der Waals surface area contributed by atoms with E-state index in [-0.39, 0.29) is 11.5 Å². The number of fused-ring (bicyclic) bond motifs is 1. The Hall–Kier alpha value is -3.19. The van der Waals surface area contributed by atoms with Crippen molar-refractivity contribution in [3.63, 3.8) is 0 Å². The third-order valence-corrected chi connectivity index (χ3v) is 4.45. The van der Waals surface area contributed by atoms with Crippen molar-refractivity contribution in [3.8, 4) is 11.3 Å². The molecule has 0 saturated heterocycles. The number of rotatable bonds is 3. The molecule has 0 atom stereocenters. The molecule has 1 aliphatic heterocycles. The van der Waals surface area contributed by atoms with Gasteiger partial charge in [-0.2, -0.15) is 5.10 Å². The van der Waals surface area contributed by atoms with Gasteiger partial charge in [0, 0.05) is 40.7 Å². The van der Waals surface area contributed by atoms with Crippen molar-refractivity contribution in [1.82, 2.24) is 15.2 Å². The summed E-state index contributed by atoms with van der Waals surface area (Å²) in [5, 5.41) is 10.4. The molecule has 7 heteroatoms. The maximum absolute atomic E-state index is 12.5. The molecule has 1 aromatic carbocycles. The summed E-state index contributed by atoms with van der Waals surface area (Å²) in [4.78, 5) is 26.4. The van der Waals surface area contributed by atoms with Gasteiger partial charge >= 0.3 is 0 Å². The Morgan fingerprint density at radius 2 is 2.15 bits per heavy atom. The molecule has 0 spiro atoms. The minimum atomic E-state index is -0.275. The number of anilines is 1. The van der Waals surface area contributed by atoms with E-state index in [0.29, 0.717) is 30.2 Å². The van der Waals surface area contributed by atoms with Crippen LogP contribution in [0.1, 0.15) is 27.3 Å². The minimum Gasteiger partial charge on any atom is -0.376 e. The topological polar surface area (TPSA) is 99.9 Å². The molecule has 132 valence electrons. The van der Waals surface area contributed by atoms with Crippen LogP contribution in [0, 0.1) is 6.92 Å². The van der Waals surface area contributed by atoms with E-state index in [1.165, 1.54) is 12.1 Å². The lowest BCUT2D eigenvalue weighted by Crippen LogP contribution is -2.17. The molecule has 0 fully saturated rings. The molecule has 4 rings (SSSR count). The number of carbonyl (C=O) groups is 1. The van der Waals surface area contributed by atoms with Gasteiger partial charge < -0.3 is 15.0 Å². The molecule has 7 nitrogen and oxygen atoms in total. The summed E-state index contributed by atoms with van der Waals surface area (Å²) in [5.41, 5.74) is 5.31. The maximum atomic E-state index is 12.5. The van der Waals surface area contributed by atoms with Crippen molar-refractivity contribution in [2.75, 3.05) is 11.9 Å². The highest BCUT2D eigenvalue weighted by atomic mass is 16.5. The van der Waals surface area contributed by atoms with E-state index < -0.39 is 0 Å². The number of ether oxygens (including phenoxy) is 1. The van der Waals surface area contributed by atoms with Crippen LogP contribution in [0.15, 0.2) is 41.2 Å². The average Bonchev–Trinajstić information content (AvgIpc) is 3.06. The Balaban J connectivity index is 1.61. The number of nitrogens with zero attached hydrogens (tertiary/aromatic N) is 1. The summed E-state index contributed by atoms with van der Waals surface area (Å²) in [6.07, 6.45) is 0.824. The standard InChI is InChI=1S/C19H18N4O3/c1-11-14(5-6-17(24)20-11)19(25)21-13-4-2-3-12(9-13)18-15-10-26-8-7-16(15)22-23-18/h2-6,9H,7-8,10H2,1H3,(H,20,24)(H,21,25)(H,22,23). The number of benzene rings is 1. The summed E-state index contributed by atoms with van der Waals surface area (Å²) in [5.74, 6) is -0.275. The predicted molar refractivity (Wildman–Crippen MR) is 97.1 cm³/mol. The molecule has 3 N–H and O–H groups in total. The summed E-state index contributed by atoms with van der Waals surface area (Å²) < 4.78 is 5.53. The molecule has 0 radical (unpaired) electrons. The second-order valence-electron chi connectivity index (χ2n) is 6.23. The third-order valence-electron chi connectivity index (χ3n) is 4.45. The Bertz CT molecular complexity index is 1040. The number of hydrogen-bond acceptors (Lipinski definition) is 4. The highest BCUT2D eigenvalue weighted by Crippen LogP contribution is 2.29. The Morgan fingerprint density at radius 3 is 3.00 bits per heavy atom. The average molecular weight is 350 g/mol.